The molecule has 0 nitrogen and oxygen atoms in total. The molecule has 1 aliphatic carbocycles. The molecule has 0 heterocycles. The predicted octanol–water partition coefficient (Wildman–Crippen LogP) is 5.36. The minimum atomic E-state index is 0.725. The summed E-state index contributed by atoms with van der Waals surface area (Å²) in [5.41, 5.74) is 3.32. The zero-order valence-corrected chi connectivity index (χ0v) is 11.7. The molecule has 0 aromatic heterocycles. The molecule has 0 saturated carbocycles. The van der Waals surface area contributed by atoms with E-state index in [9.17, 15) is 0 Å². The fourth-order valence-corrected chi connectivity index (χ4v) is 2.64. The van der Waals surface area contributed by atoms with Crippen LogP contribution in [0.2, 0.25) is 0 Å². The second-order valence-corrected chi connectivity index (χ2v) is 5.87. The van der Waals surface area contributed by atoms with Crippen molar-refractivity contribution in [2.24, 2.45) is 17.8 Å². The van der Waals surface area contributed by atoms with Crippen molar-refractivity contribution in [3.8, 4) is 0 Å². The molecule has 0 radical (unpaired) electrons. The Morgan fingerprint density at radius 2 is 1.56 bits per heavy atom. The maximum absolute atomic E-state index is 2.41. The highest BCUT2D eigenvalue weighted by atomic mass is 14.2. The maximum Gasteiger partial charge on any atom is -0.0200 e. The fourth-order valence-electron chi connectivity index (χ4n) is 2.64. The van der Waals surface area contributed by atoms with Crippen LogP contribution in [-0.4, -0.2) is 0 Å². The van der Waals surface area contributed by atoms with Crippen LogP contribution in [-0.2, 0) is 0 Å². The van der Waals surface area contributed by atoms with E-state index in [4.69, 9.17) is 0 Å². The molecular weight excluding hydrogens is 192 g/mol. The lowest BCUT2D eigenvalue weighted by molar-refractivity contribution is 0.435. The lowest BCUT2D eigenvalue weighted by atomic mass is 9.81. The van der Waals surface area contributed by atoms with Crippen LogP contribution in [0.1, 0.15) is 60.3 Å². The molecule has 1 unspecified atom stereocenters. The van der Waals surface area contributed by atoms with E-state index in [-0.39, 0.29) is 0 Å². The van der Waals surface area contributed by atoms with Gasteiger partial charge < -0.3 is 0 Å². The molecule has 1 rings (SSSR count). The summed E-state index contributed by atoms with van der Waals surface area (Å²) >= 11 is 0. The summed E-state index contributed by atoms with van der Waals surface area (Å²) in [7, 11) is 0. The average molecular weight is 220 g/mol. The largest absolute Gasteiger partial charge is 0.0673 e. The van der Waals surface area contributed by atoms with E-state index in [1.807, 2.05) is 0 Å². The summed E-state index contributed by atoms with van der Waals surface area (Å²) in [5, 5.41) is 0. The molecule has 92 valence electrons. The van der Waals surface area contributed by atoms with Gasteiger partial charge in [0.05, 0.1) is 0 Å². The van der Waals surface area contributed by atoms with Crippen molar-refractivity contribution in [3.05, 3.63) is 23.3 Å². The Hall–Kier alpha value is -0.520. The lowest BCUT2D eigenvalue weighted by Gasteiger charge is -2.24. The van der Waals surface area contributed by atoms with Crippen molar-refractivity contribution in [3.63, 3.8) is 0 Å². The third-order valence-electron chi connectivity index (χ3n) is 3.73. The molecule has 1 aliphatic rings. The van der Waals surface area contributed by atoms with E-state index in [2.05, 4.69) is 46.8 Å². The molecule has 0 aliphatic heterocycles. The molecular formula is C16H28. The van der Waals surface area contributed by atoms with Gasteiger partial charge in [0.25, 0.3) is 0 Å². The molecule has 0 amide bonds. The summed E-state index contributed by atoms with van der Waals surface area (Å²) in [6, 6.07) is 0. The monoisotopic (exact) mass is 220 g/mol. The van der Waals surface area contributed by atoms with Gasteiger partial charge in [-0.1, -0.05) is 57.9 Å². The topological polar surface area (TPSA) is 0 Å². The van der Waals surface area contributed by atoms with Crippen LogP contribution in [0.3, 0.4) is 0 Å². The van der Waals surface area contributed by atoms with Crippen LogP contribution in [0.4, 0.5) is 0 Å². The van der Waals surface area contributed by atoms with Gasteiger partial charge in [0.2, 0.25) is 0 Å². The van der Waals surface area contributed by atoms with E-state index < -0.39 is 0 Å². The number of rotatable bonds is 5. The molecule has 0 heteroatoms. The highest BCUT2D eigenvalue weighted by Crippen LogP contribution is 2.32. The number of hydrogen-bond donors (Lipinski definition) is 0. The molecule has 0 saturated heterocycles. The Labute approximate surface area is 102 Å². The van der Waals surface area contributed by atoms with Crippen LogP contribution in [0, 0.1) is 17.8 Å². The first-order valence-electron chi connectivity index (χ1n) is 6.94. The minimum absolute atomic E-state index is 0.725. The van der Waals surface area contributed by atoms with Gasteiger partial charge >= 0.3 is 0 Å². The van der Waals surface area contributed by atoms with Crippen LogP contribution in [0.15, 0.2) is 23.3 Å². The first kappa shape index (κ1) is 13.5. The molecule has 0 bridgehead atoms. The van der Waals surface area contributed by atoms with E-state index in [1.165, 1.54) is 25.7 Å². The van der Waals surface area contributed by atoms with Gasteiger partial charge in [-0.2, -0.15) is 0 Å². The van der Waals surface area contributed by atoms with Crippen LogP contribution in [0.5, 0.6) is 0 Å². The third-order valence-corrected chi connectivity index (χ3v) is 3.73. The second-order valence-electron chi connectivity index (χ2n) is 5.87. The normalized spacial score (nSPS) is 18.7. The van der Waals surface area contributed by atoms with Crippen molar-refractivity contribution < 1.29 is 0 Å². The smallest absolute Gasteiger partial charge is 0.0200 e. The molecule has 0 spiro atoms. The van der Waals surface area contributed by atoms with E-state index in [0.717, 1.165) is 17.8 Å². The van der Waals surface area contributed by atoms with Gasteiger partial charge in [0.1, 0.15) is 0 Å². The quantitative estimate of drug-likeness (QED) is 0.585. The highest BCUT2D eigenvalue weighted by molar-refractivity contribution is 5.26. The van der Waals surface area contributed by atoms with Gasteiger partial charge in [-0.05, 0) is 43.4 Å². The first-order chi connectivity index (χ1) is 7.54. The Bertz CT molecular complexity index is 266. The Kier molecular flexibility index (Phi) is 5.31. The lowest BCUT2D eigenvalue weighted by Crippen LogP contribution is -2.10. The molecule has 0 aromatic carbocycles. The van der Waals surface area contributed by atoms with Crippen molar-refractivity contribution >= 4 is 0 Å². The average Bonchev–Trinajstić information content (AvgIpc) is 2.25. The van der Waals surface area contributed by atoms with E-state index in [0.29, 0.717) is 0 Å². The van der Waals surface area contributed by atoms with E-state index in [1.54, 1.807) is 11.1 Å². The SMILES string of the molecule is CCC(CC(C)C)C1=CC=C(C(C)C)CC1. The molecule has 0 aromatic rings. The maximum atomic E-state index is 2.41. The van der Waals surface area contributed by atoms with Gasteiger partial charge in [-0.25, -0.2) is 0 Å². The van der Waals surface area contributed by atoms with Gasteiger partial charge in [0, 0.05) is 0 Å². The molecule has 0 N–H and O–H groups in total. The molecule has 1 atom stereocenters. The summed E-state index contributed by atoms with van der Waals surface area (Å²) in [6.45, 7) is 11.6. The number of allylic oxidation sites excluding steroid dienone is 4. The zero-order chi connectivity index (χ0) is 12.1. The summed E-state index contributed by atoms with van der Waals surface area (Å²) in [5.74, 6) is 2.37. The fraction of sp³-hybridized carbons (Fsp3) is 0.750. The zero-order valence-electron chi connectivity index (χ0n) is 11.7. The summed E-state index contributed by atoms with van der Waals surface area (Å²) < 4.78 is 0. The van der Waals surface area contributed by atoms with Crippen molar-refractivity contribution in [1.29, 1.82) is 0 Å². The Morgan fingerprint density at radius 3 is 1.94 bits per heavy atom. The third kappa shape index (κ3) is 3.81. The van der Waals surface area contributed by atoms with Crippen LogP contribution < -0.4 is 0 Å². The first-order valence-corrected chi connectivity index (χ1v) is 6.94. The van der Waals surface area contributed by atoms with Crippen molar-refractivity contribution in [2.45, 2.75) is 60.3 Å². The summed E-state index contributed by atoms with van der Waals surface area (Å²) in [6.07, 6.45) is 10.0. The van der Waals surface area contributed by atoms with Crippen LogP contribution in [0.25, 0.3) is 0 Å². The van der Waals surface area contributed by atoms with Crippen LogP contribution >= 0.6 is 0 Å². The van der Waals surface area contributed by atoms with E-state index >= 15 is 0 Å². The molecule has 0 fully saturated rings. The van der Waals surface area contributed by atoms with Gasteiger partial charge in [-0.15, -0.1) is 0 Å². The van der Waals surface area contributed by atoms with Gasteiger partial charge in [-0.3, -0.25) is 0 Å². The predicted molar refractivity (Wildman–Crippen MR) is 73.5 cm³/mol. The summed E-state index contributed by atoms with van der Waals surface area (Å²) in [4.78, 5) is 0. The second kappa shape index (κ2) is 6.27. The minimum Gasteiger partial charge on any atom is -0.0673 e. The van der Waals surface area contributed by atoms with Gasteiger partial charge in [0.15, 0.2) is 0 Å². The number of hydrogen-bond acceptors (Lipinski definition) is 0. The highest BCUT2D eigenvalue weighted by Gasteiger charge is 2.17. The standard InChI is InChI=1S/C16H28/c1-6-14(11-12(2)3)16-9-7-15(8-10-16)13(4)5/h7,9,12-14H,6,8,10-11H2,1-5H3. The Morgan fingerprint density at radius 1 is 1.00 bits per heavy atom. The molecule has 16 heavy (non-hydrogen) atoms. The Balaban J connectivity index is 2.67. The van der Waals surface area contributed by atoms with Crippen molar-refractivity contribution in [1.82, 2.24) is 0 Å². The van der Waals surface area contributed by atoms with Crippen molar-refractivity contribution in [2.75, 3.05) is 0 Å².